The van der Waals surface area contributed by atoms with Gasteiger partial charge in [0, 0.05) is 66.9 Å². The van der Waals surface area contributed by atoms with E-state index in [2.05, 4.69) is 49.9 Å². The fourth-order valence-corrected chi connectivity index (χ4v) is 6.59. The summed E-state index contributed by atoms with van der Waals surface area (Å²) in [5, 5.41) is 18.9. The van der Waals surface area contributed by atoms with Crippen molar-refractivity contribution in [1.29, 1.82) is 0 Å². The Hall–Kier alpha value is -5.16. The molecule has 5 aromatic rings. The topological polar surface area (TPSA) is 111 Å². The number of hydrazine groups is 1. The summed E-state index contributed by atoms with van der Waals surface area (Å²) in [5.41, 5.74) is 9.01. The molecular weight excluding hydrogens is 616 g/mol. The first-order valence-electron chi connectivity index (χ1n) is 17.0. The molecule has 49 heavy (non-hydrogen) atoms. The van der Waals surface area contributed by atoms with E-state index < -0.39 is 0 Å². The minimum atomic E-state index is -0.255. The molecule has 0 unspecified atom stereocenters. The van der Waals surface area contributed by atoms with Gasteiger partial charge in [-0.15, -0.1) is 0 Å². The van der Waals surface area contributed by atoms with Gasteiger partial charge in [-0.2, -0.15) is 0 Å². The summed E-state index contributed by atoms with van der Waals surface area (Å²) in [7, 11) is 0. The molecule has 10 heteroatoms. The highest BCUT2D eigenvalue weighted by Crippen LogP contribution is 2.30. The van der Waals surface area contributed by atoms with Crippen LogP contribution in [0.15, 0.2) is 97.2 Å². The van der Waals surface area contributed by atoms with Crippen molar-refractivity contribution in [3.8, 4) is 17.2 Å². The first kappa shape index (κ1) is 32.4. The van der Waals surface area contributed by atoms with Crippen LogP contribution >= 0.6 is 0 Å². The second-order valence-electron chi connectivity index (χ2n) is 12.9. The standard InChI is InChI=1S/C39H42N6O4/c1-27-24-31(12-17-37(27)49-34-15-10-30(11-16-34)41-39(48)42-44-20-4-5-21-44)40-38(47)28-8-13-32(14-9-28)45-26-29(35-6-2-3-7-36(35)45)25-43-22-18-33(46)19-23-43/h2-3,6-17,24,26,33,46H,4-5,18-23,25H2,1H3,(H,40,47)(H2,41,42,48). The number of hydrogen-bond acceptors (Lipinski definition) is 6. The average molecular weight is 659 g/mol. The number of piperidine rings is 1. The van der Waals surface area contributed by atoms with Crippen LogP contribution in [0.3, 0.4) is 0 Å². The first-order chi connectivity index (χ1) is 23.9. The van der Waals surface area contributed by atoms with Crippen LogP contribution in [0.5, 0.6) is 11.5 Å². The Morgan fingerprint density at radius 2 is 1.55 bits per heavy atom. The van der Waals surface area contributed by atoms with Gasteiger partial charge in [0.1, 0.15) is 11.5 Å². The fraction of sp³-hybridized carbons (Fsp3) is 0.282. The van der Waals surface area contributed by atoms with Crippen molar-refractivity contribution in [3.63, 3.8) is 0 Å². The van der Waals surface area contributed by atoms with Gasteiger partial charge in [-0.3, -0.25) is 15.1 Å². The van der Waals surface area contributed by atoms with Gasteiger partial charge in [0.2, 0.25) is 0 Å². The van der Waals surface area contributed by atoms with Gasteiger partial charge in [0.05, 0.1) is 11.6 Å². The summed E-state index contributed by atoms with van der Waals surface area (Å²) < 4.78 is 8.28. The maximum atomic E-state index is 13.2. The SMILES string of the molecule is Cc1cc(NC(=O)c2ccc(-n3cc(CN4CCC(O)CC4)c4ccccc43)cc2)ccc1Oc1ccc(NC(=O)NN2CCCC2)cc1. The Morgan fingerprint density at radius 3 is 2.29 bits per heavy atom. The van der Waals surface area contributed by atoms with Crippen molar-refractivity contribution in [1.82, 2.24) is 19.9 Å². The highest BCUT2D eigenvalue weighted by Gasteiger charge is 2.20. The number of aryl methyl sites for hydroxylation is 1. The fourth-order valence-electron chi connectivity index (χ4n) is 6.59. The van der Waals surface area contributed by atoms with E-state index in [9.17, 15) is 14.7 Å². The van der Waals surface area contributed by atoms with Crippen LogP contribution in [-0.4, -0.2) is 63.8 Å². The number of para-hydroxylation sites is 1. The quantitative estimate of drug-likeness (QED) is 0.135. The molecule has 4 N–H and O–H groups in total. The van der Waals surface area contributed by atoms with Crippen LogP contribution in [0.1, 0.15) is 47.2 Å². The zero-order valence-corrected chi connectivity index (χ0v) is 27.7. The van der Waals surface area contributed by atoms with Crippen molar-refractivity contribution in [3.05, 3.63) is 114 Å². The Bertz CT molecular complexity index is 1920. The van der Waals surface area contributed by atoms with E-state index in [0.29, 0.717) is 28.4 Å². The predicted octanol–water partition coefficient (Wildman–Crippen LogP) is 7.07. The summed E-state index contributed by atoms with van der Waals surface area (Å²) in [6, 6.07) is 28.6. The molecule has 0 bridgehead atoms. The number of carbonyl (C=O) groups is 2. The van der Waals surface area contributed by atoms with E-state index in [1.165, 1.54) is 10.9 Å². The van der Waals surface area contributed by atoms with Gasteiger partial charge in [-0.25, -0.2) is 9.80 Å². The Morgan fingerprint density at radius 1 is 0.837 bits per heavy atom. The number of amides is 3. The summed E-state index contributed by atoms with van der Waals surface area (Å²) in [4.78, 5) is 27.8. The van der Waals surface area contributed by atoms with Crippen LogP contribution in [0.4, 0.5) is 16.2 Å². The van der Waals surface area contributed by atoms with E-state index >= 15 is 0 Å². The zero-order valence-electron chi connectivity index (χ0n) is 27.7. The highest BCUT2D eigenvalue weighted by molar-refractivity contribution is 6.04. The maximum Gasteiger partial charge on any atom is 0.333 e. The molecule has 2 saturated heterocycles. The molecule has 10 nitrogen and oxygen atoms in total. The van der Waals surface area contributed by atoms with E-state index in [-0.39, 0.29) is 18.0 Å². The lowest BCUT2D eigenvalue weighted by Gasteiger charge is -2.29. The van der Waals surface area contributed by atoms with E-state index in [4.69, 9.17) is 4.74 Å². The molecule has 3 amide bonds. The minimum Gasteiger partial charge on any atom is -0.457 e. The molecule has 4 aromatic carbocycles. The molecule has 0 aliphatic carbocycles. The molecule has 3 heterocycles. The van der Waals surface area contributed by atoms with Gasteiger partial charge >= 0.3 is 6.03 Å². The number of aliphatic hydroxyl groups excluding tert-OH is 1. The number of carbonyl (C=O) groups excluding carboxylic acids is 2. The van der Waals surface area contributed by atoms with Crippen molar-refractivity contribution >= 4 is 34.2 Å². The summed E-state index contributed by atoms with van der Waals surface area (Å²) in [6.07, 6.45) is 5.82. The molecule has 0 spiro atoms. The lowest BCUT2D eigenvalue weighted by Crippen LogP contribution is -2.42. The predicted molar refractivity (Wildman–Crippen MR) is 192 cm³/mol. The summed E-state index contributed by atoms with van der Waals surface area (Å²) in [5.74, 6) is 1.12. The molecule has 252 valence electrons. The number of urea groups is 1. The van der Waals surface area contributed by atoms with Crippen LogP contribution in [0.25, 0.3) is 16.6 Å². The number of aliphatic hydroxyl groups is 1. The molecule has 2 fully saturated rings. The number of rotatable bonds is 9. The Kier molecular flexibility index (Phi) is 9.61. The normalized spacial score (nSPS) is 15.7. The van der Waals surface area contributed by atoms with Crippen LogP contribution in [0.2, 0.25) is 0 Å². The molecule has 1 aromatic heterocycles. The second kappa shape index (κ2) is 14.5. The van der Waals surface area contributed by atoms with E-state index in [0.717, 1.165) is 75.2 Å². The van der Waals surface area contributed by atoms with Gasteiger partial charge in [-0.05, 0) is 117 Å². The van der Waals surface area contributed by atoms with Gasteiger partial charge in [0.25, 0.3) is 5.91 Å². The molecule has 7 rings (SSSR count). The molecule has 0 radical (unpaired) electrons. The number of hydrogen-bond donors (Lipinski definition) is 4. The van der Waals surface area contributed by atoms with Crippen LogP contribution < -0.4 is 20.8 Å². The van der Waals surface area contributed by atoms with Crippen LogP contribution in [0, 0.1) is 6.92 Å². The number of nitrogens with one attached hydrogen (secondary N) is 3. The number of fused-ring (bicyclic) bond motifs is 1. The largest absolute Gasteiger partial charge is 0.457 e. The Balaban J connectivity index is 0.965. The monoisotopic (exact) mass is 658 g/mol. The number of benzene rings is 4. The lowest BCUT2D eigenvalue weighted by atomic mass is 10.1. The van der Waals surface area contributed by atoms with E-state index in [1.54, 1.807) is 12.1 Å². The van der Waals surface area contributed by atoms with Crippen LogP contribution in [-0.2, 0) is 6.54 Å². The van der Waals surface area contributed by atoms with Gasteiger partial charge in [-0.1, -0.05) is 18.2 Å². The smallest absolute Gasteiger partial charge is 0.333 e. The van der Waals surface area contributed by atoms with Crippen molar-refractivity contribution < 1.29 is 19.4 Å². The maximum absolute atomic E-state index is 13.2. The Labute approximate surface area is 286 Å². The zero-order chi connectivity index (χ0) is 33.7. The lowest BCUT2D eigenvalue weighted by molar-refractivity contribution is 0.0794. The highest BCUT2D eigenvalue weighted by atomic mass is 16.5. The minimum absolute atomic E-state index is 0.189. The van der Waals surface area contributed by atoms with Crippen molar-refractivity contribution in [2.24, 2.45) is 0 Å². The number of aromatic nitrogens is 1. The number of nitrogens with zero attached hydrogens (tertiary/aromatic N) is 3. The second-order valence-corrected chi connectivity index (χ2v) is 12.9. The average Bonchev–Trinajstić information content (AvgIpc) is 3.76. The molecular formula is C39H42N6O4. The summed E-state index contributed by atoms with van der Waals surface area (Å²) in [6.45, 7) is 6.31. The van der Waals surface area contributed by atoms with Gasteiger partial charge < -0.3 is 25.0 Å². The summed E-state index contributed by atoms with van der Waals surface area (Å²) >= 11 is 0. The number of likely N-dealkylation sites (tertiary alicyclic amines) is 1. The van der Waals surface area contributed by atoms with Gasteiger partial charge in [0.15, 0.2) is 0 Å². The molecule has 2 aliphatic rings. The van der Waals surface area contributed by atoms with Crippen molar-refractivity contribution in [2.75, 3.05) is 36.8 Å². The molecule has 0 saturated carbocycles. The third kappa shape index (κ3) is 7.78. The molecule has 2 aliphatic heterocycles. The third-order valence-corrected chi connectivity index (χ3v) is 9.29. The molecule has 0 atom stereocenters. The third-order valence-electron chi connectivity index (χ3n) is 9.29. The van der Waals surface area contributed by atoms with Crippen molar-refractivity contribution in [2.45, 2.75) is 45.3 Å². The number of anilines is 2. The number of ether oxygens (including phenoxy) is 1. The van der Waals surface area contributed by atoms with E-state index in [1.807, 2.05) is 72.6 Å². The first-order valence-corrected chi connectivity index (χ1v) is 17.0.